The summed E-state index contributed by atoms with van der Waals surface area (Å²) in [6.45, 7) is 4.43. The second-order valence-corrected chi connectivity index (χ2v) is 3.42. The SMILES string of the molecule is CCC=CCCC=CCCCCC. The van der Waals surface area contributed by atoms with E-state index in [9.17, 15) is 0 Å². The quantitative estimate of drug-likeness (QED) is 0.369. The van der Waals surface area contributed by atoms with E-state index in [0.29, 0.717) is 0 Å². The maximum Gasteiger partial charge on any atom is -0.0316 e. The van der Waals surface area contributed by atoms with E-state index in [0.717, 1.165) is 0 Å². The van der Waals surface area contributed by atoms with Crippen molar-refractivity contribution in [3.63, 3.8) is 0 Å². The summed E-state index contributed by atoms with van der Waals surface area (Å²) in [5, 5.41) is 0. The van der Waals surface area contributed by atoms with Crippen LogP contribution in [0.25, 0.3) is 0 Å². The maximum atomic E-state index is 2.33. The van der Waals surface area contributed by atoms with Gasteiger partial charge in [-0.3, -0.25) is 0 Å². The molecule has 0 aliphatic rings. The van der Waals surface area contributed by atoms with Gasteiger partial charge in [-0.1, -0.05) is 51.0 Å². The van der Waals surface area contributed by atoms with Crippen LogP contribution in [-0.4, -0.2) is 0 Å². The summed E-state index contributed by atoms with van der Waals surface area (Å²) < 4.78 is 0. The molecule has 0 N–H and O–H groups in total. The molecule has 0 nitrogen and oxygen atoms in total. The minimum atomic E-state index is 1.17. The van der Waals surface area contributed by atoms with Crippen LogP contribution in [0.3, 0.4) is 0 Å². The molecule has 0 aromatic heterocycles. The molecule has 0 aliphatic carbocycles. The molecule has 13 heavy (non-hydrogen) atoms. The summed E-state index contributed by atoms with van der Waals surface area (Å²) in [5.74, 6) is 0. The van der Waals surface area contributed by atoms with Crippen molar-refractivity contribution >= 4 is 0 Å². The zero-order chi connectivity index (χ0) is 9.78. The Morgan fingerprint density at radius 2 is 1.31 bits per heavy atom. The van der Waals surface area contributed by atoms with Crippen LogP contribution in [0.5, 0.6) is 0 Å². The molecule has 0 aromatic rings. The van der Waals surface area contributed by atoms with Crippen LogP contribution >= 0.6 is 0 Å². The molecular weight excluding hydrogens is 156 g/mol. The molecule has 0 spiro atoms. The summed E-state index contributed by atoms with van der Waals surface area (Å²) in [6, 6.07) is 0. The lowest BCUT2D eigenvalue weighted by molar-refractivity contribution is 0.728. The van der Waals surface area contributed by atoms with Crippen molar-refractivity contribution in [2.45, 2.75) is 58.8 Å². The largest absolute Gasteiger partial charge is 0.0888 e. The van der Waals surface area contributed by atoms with Crippen molar-refractivity contribution in [3.8, 4) is 0 Å². The molecule has 0 unspecified atom stereocenters. The summed E-state index contributed by atoms with van der Waals surface area (Å²) in [7, 11) is 0. The first kappa shape index (κ1) is 12.5. The molecule has 0 saturated carbocycles. The van der Waals surface area contributed by atoms with Crippen molar-refractivity contribution in [3.05, 3.63) is 24.3 Å². The van der Waals surface area contributed by atoms with E-state index in [4.69, 9.17) is 0 Å². The van der Waals surface area contributed by atoms with Crippen molar-refractivity contribution in [2.24, 2.45) is 0 Å². The molecule has 76 valence electrons. The Morgan fingerprint density at radius 1 is 0.692 bits per heavy atom. The van der Waals surface area contributed by atoms with Crippen LogP contribution in [0.4, 0.5) is 0 Å². The first-order chi connectivity index (χ1) is 6.41. The third-order valence-corrected chi connectivity index (χ3v) is 2.04. The average molecular weight is 180 g/mol. The van der Waals surface area contributed by atoms with E-state index in [2.05, 4.69) is 38.2 Å². The zero-order valence-corrected chi connectivity index (χ0v) is 9.26. The Hall–Kier alpha value is -0.520. The zero-order valence-electron chi connectivity index (χ0n) is 9.26. The van der Waals surface area contributed by atoms with Gasteiger partial charge < -0.3 is 0 Å². The summed E-state index contributed by atoms with van der Waals surface area (Å²) in [5.41, 5.74) is 0. The topological polar surface area (TPSA) is 0 Å². The minimum Gasteiger partial charge on any atom is -0.0888 e. The highest BCUT2D eigenvalue weighted by Crippen LogP contribution is 2.01. The monoisotopic (exact) mass is 180 g/mol. The second-order valence-electron chi connectivity index (χ2n) is 3.42. The molecule has 0 aromatic carbocycles. The van der Waals surface area contributed by atoms with Gasteiger partial charge in [0.05, 0.1) is 0 Å². The summed E-state index contributed by atoms with van der Waals surface area (Å²) in [6.07, 6.45) is 18.1. The van der Waals surface area contributed by atoms with Gasteiger partial charge in [0.2, 0.25) is 0 Å². The molecule has 0 rings (SSSR count). The van der Waals surface area contributed by atoms with Crippen molar-refractivity contribution in [1.29, 1.82) is 0 Å². The van der Waals surface area contributed by atoms with Crippen LogP contribution in [-0.2, 0) is 0 Å². The van der Waals surface area contributed by atoms with Crippen molar-refractivity contribution in [1.82, 2.24) is 0 Å². The highest BCUT2D eigenvalue weighted by Gasteiger charge is 1.81. The Morgan fingerprint density at radius 3 is 1.92 bits per heavy atom. The highest BCUT2D eigenvalue weighted by molar-refractivity contribution is 4.87. The highest BCUT2D eigenvalue weighted by atomic mass is 13.9. The Bertz CT molecular complexity index is 131. The van der Waals surface area contributed by atoms with E-state index in [1.54, 1.807) is 0 Å². The van der Waals surface area contributed by atoms with Gasteiger partial charge in [0, 0.05) is 0 Å². The fraction of sp³-hybridized carbons (Fsp3) is 0.692. The van der Waals surface area contributed by atoms with Crippen molar-refractivity contribution < 1.29 is 0 Å². The number of hydrogen-bond donors (Lipinski definition) is 0. The fourth-order valence-electron chi connectivity index (χ4n) is 1.22. The lowest BCUT2D eigenvalue weighted by Gasteiger charge is -1.91. The van der Waals surface area contributed by atoms with Crippen LogP contribution in [0.2, 0.25) is 0 Å². The molecule has 0 fully saturated rings. The second kappa shape index (κ2) is 11.5. The lowest BCUT2D eigenvalue weighted by Crippen LogP contribution is -1.71. The molecule has 0 amide bonds. The average Bonchev–Trinajstić information content (AvgIpc) is 2.16. The first-order valence-electron chi connectivity index (χ1n) is 5.71. The van der Waals surface area contributed by atoms with Gasteiger partial charge in [-0.15, -0.1) is 0 Å². The standard InChI is InChI=1S/C13H24/c1-3-5-7-9-11-13-12-10-8-6-4-2/h5,7,12-13H,3-4,6,8-11H2,1-2H3. The molecule has 0 heterocycles. The predicted octanol–water partition coefficient (Wildman–Crippen LogP) is 4.87. The third kappa shape index (κ3) is 11.5. The molecule has 0 bridgehead atoms. The van der Waals surface area contributed by atoms with Crippen LogP contribution in [0.15, 0.2) is 24.3 Å². The number of unbranched alkanes of at least 4 members (excludes halogenated alkanes) is 4. The summed E-state index contributed by atoms with van der Waals surface area (Å²) >= 11 is 0. The minimum absolute atomic E-state index is 1.17. The van der Waals surface area contributed by atoms with Gasteiger partial charge in [0.15, 0.2) is 0 Å². The van der Waals surface area contributed by atoms with Gasteiger partial charge >= 0.3 is 0 Å². The molecule has 0 saturated heterocycles. The Balaban J connectivity index is 3.07. The van der Waals surface area contributed by atoms with Gasteiger partial charge in [0.25, 0.3) is 0 Å². The molecule has 0 radical (unpaired) electrons. The Kier molecular flexibility index (Phi) is 11.0. The molecular formula is C13H24. The maximum absolute atomic E-state index is 2.33. The smallest absolute Gasteiger partial charge is 0.0316 e. The van der Waals surface area contributed by atoms with Gasteiger partial charge in [-0.05, 0) is 32.1 Å². The molecule has 0 aliphatic heterocycles. The third-order valence-electron chi connectivity index (χ3n) is 2.04. The Labute approximate surface area is 83.7 Å². The van der Waals surface area contributed by atoms with Crippen LogP contribution in [0.1, 0.15) is 58.8 Å². The van der Waals surface area contributed by atoms with E-state index in [-0.39, 0.29) is 0 Å². The van der Waals surface area contributed by atoms with Crippen LogP contribution in [0, 0.1) is 0 Å². The first-order valence-corrected chi connectivity index (χ1v) is 5.71. The van der Waals surface area contributed by atoms with E-state index in [1.807, 2.05) is 0 Å². The number of allylic oxidation sites excluding steroid dienone is 4. The van der Waals surface area contributed by atoms with E-state index >= 15 is 0 Å². The van der Waals surface area contributed by atoms with Gasteiger partial charge in [0.1, 0.15) is 0 Å². The van der Waals surface area contributed by atoms with Gasteiger partial charge in [-0.2, -0.15) is 0 Å². The molecule has 0 heteroatoms. The summed E-state index contributed by atoms with van der Waals surface area (Å²) in [4.78, 5) is 0. The normalized spacial score (nSPS) is 11.8. The van der Waals surface area contributed by atoms with Crippen LogP contribution < -0.4 is 0 Å². The van der Waals surface area contributed by atoms with E-state index in [1.165, 1.54) is 44.9 Å². The molecule has 0 atom stereocenters. The van der Waals surface area contributed by atoms with Crippen molar-refractivity contribution in [2.75, 3.05) is 0 Å². The number of rotatable bonds is 8. The van der Waals surface area contributed by atoms with E-state index < -0.39 is 0 Å². The fourth-order valence-corrected chi connectivity index (χ4v) is 1.22. The van der Waals surface area contributed by atoms with Gasteiger partial charge in [-0.25, -0.2) is 0 Å². The lowest BCUT2D eigenvalue weighted by atomic mass is 10.2. The number of hydrogen-bond acceptors (Lipinski definition) is 0. The predicted molar refractivity (Wildman–Crippen MR) is 61.9 cm³/mol.